The number of hydrogen-bond acceptors (Lipinski definition) is 8. The second-order valence-corrected chi connectivity index (χ2v) is 14.1. The molecule has 7 N–H and O–H groups in total. The van der Waals surface area contributed by atoms with Crippen molar-refractivity contribution in [1.82, 2.24) is 20.9 Å². The van der Waals surface area contributed by atoms with Crippen molar-refractivity contribution in [3.8, 4) is 0 Å². The summed E-state index contributed by atoms with van der Waals surface area (Å²) >= 11 is 0. The van der Waals surface area contributed by atoms with Gasteiger partial charge in [0.1, 0.15) is 11.2 Å². The van der Waals surface area contributed by atoms with Crippen LogP contribution >= 0.6 is 0 Å². The smallest absolute Gasteiger partial charge is 0.305 e. The molecule has 1 aromatic rings. The van der Waals surface area contributed by atoms with E-state index in [2.05, 4.69) is 48.3 Å². The minimum atomic E-state index is -1.54. The molecular weight excluding hydrogens is 544 g/mol. The number of aliphatic hydroxyl groups is 3. The monoisotopic (exact) mass is 594 g/mol. The van der Waals surface area contributed by atoms with Crippen LogP contribution in [0.25, 0.3) is 12.2 Å². The van der Waals surface area contributed by atoms with Gasteiger partial charge in [-0.2, -0.15) is 0 Å². The summed E-state index contributed by atoms with van der Waals surface area (Å²) in [5.41, 5.74) is 2.10. The van der Waals surface area contributed by atoms with E-state index in [-0.39, 0.29) is 53.8 Å². The lowest BCUT2D eigenvalue weighted by molar-refractivity contribution is -0.141. The Morgan fingerprint density at radius 3 is 2.60 bits per heavy atom. The second kappa shape index (κ2) is 10.9. The number of hydrogen-bond donors (Lipinski definition) is 7. The van der Waals surface area contributed by atoms with Crippen LogP contribution in [0.4, 0.5) is 0 Å². The maximum atomic E-state index is 12.2. The molecule has 4 fully saturated rings. The van der Waals surface area contributed by atoms with Crippen molar-refractivity contribution < 1.29 is 24.9 Å². The maximum Gasteiger partial charge on any atom is 0.305 e. The molecule has 12 atom stereocenters. The third kappa shape index (κ3) is 4.57. The molecule has 9 heteroatoms. The summed E-state index contributed by atoms with van der Waals surface area (Å²) in [5, 5.41) is 46.6. The molecule has 43 heavy (non-hydrogen) atoms. The van der Waals surface area contributed by atoms with Crippen molar-refractivity contribution in [3.05, 3.63) is 46.6 Å². The highest BCUT2D eigenvalue weighted by molar-refractivity contribution is 5.70. The van der Waals surface area contributed by atoms with Gasteiger partial charge in [0.25, 0.3) is 0 Å². The lowest BCUT2D eigenvalue weighted by atomic mass is 9.77. The van der Waals surface area contributed by atoms with Crippen molar-refractivity contribution in [1.29, 1.82) is 0 Å². The molecule has 0 spiro atoms. The minimum absolute atomic E-state index is 0.0644. The fourth-order valence-electron chi connectivity index (χ4n) is 9.42. The summed E-state index contributed by atoms with van der Waals surface area (Å²) in [5.74, 6) is 0.726. The molecule has 1 aliphatic carbocycles. The second-order valence-electron chi connectivity index (χ2n) is 14.1. The number of esters is 1. The molecule has 236 valence electrons. The molecule has 0 amide bonds. The van der Waals surface area contributed by atoms with E-state index >= 15 is 0 Å². The largest absolute Gasteiger partial charge is 0.469 e. The van der Waals surface area contributed by atoms with Gasteiger partial charge in [-0.05, 0) is 74.5 Å². The van der Waals surface area contributed by atoms with Gasteiger partial charge in [0, 0.05) is 65.6 Å². The molecule has 0 radical (unpaired) electrons. The number of carbonyl (C=O) groups excluding carboxylic acids is 1. The van der Waals surface area contributed by atoms with Crippen molar-refractivity contribution in [3.63, 3.8) is 0 Å². The van der Waals surface area contributed by atoms with Crippen LogP contribution in [0.2, 0.25) is 0 Å². The van der Waals surface area contributed by atoms with Crippen LogP contribution in [0, 0.1) is 36.5 Å². The third-order valence-electron chi connectivity index (χ3n) is 12.2. The lowest BCUT2D eigenvalue weighted by Crippen LogP contribution is -2.49. The van der Waals surface area contributed by atoms with Crippen LogP contribution in [0.1, 0.15) is 75.9 Å². The van der Waals surface area contributed by atoms with Crippen molar-refractivity contribution in [2.24, 2.45) is 29.6 Å². The summed E-state index contributed by atoms with van der Waals surface area (Å²) in [6.07, 6.45) is 8.26. The van der Waals surface area contributed by atoms with Gasteiger partial charge in [-0.3, -0.25) is 4.79 Å². The molecule has 4 aliphatic heterocycles. The predicted octanol–water partition coefficient (Wildman–Crippen LogP) is 2.76. The number of ether oxygens (including phenoxy) is 1. The van der Waals surface area contributed by atoms with Gasteiger partial charge in [0.2, 0.25) is 0 Å². The Hall–Kier alpha value is -2.43. The van der Waals surface area contributed by atoms with E-state index in [4.69, 9.17) is 4.74 Å². The van der Waals surface area contributed by atoms with Crippen LogP contribution in [0.5, 0.6) is 0 Å². The quantitative estimate of drug-likeness (QED) is 0.259. The van der Waals surface area contributed by atoms with Gasteiger partial charge in [-0.15, -0.1) is 0 Å². The number of methoxy groups -OCH3 is 1. The highest BCUT2D eigenvalue weighted by Crippen LogP contribution is 2.50. The SMILES string of the molecule is C=Cc1c2[nH]c(c1C)CC1NC(C3CC(O)C4C(C)C(C=C5NC(=C2)C(C)(O)C5(O)CC)NC34)[C@@H](CCC(=O)OC)[C@@H]1C. The van der Waals surface area contributed by atoms with E-state index in [9.17, 15) is 20.1 Å². The van der Waals surface area contributed by atoms with Crippen LogP contribution in [0.15, 0.2) is 24.0 Å². The molecule has 3 saturated heterocycles. The molecule has 1 aromatic heterocycles. The Bertz CT molecular complexity index is 1350. The Morgan fingerprint density at radius 2 is 1.93 bits per heavy atom. The number of aromatic amines is 1. The van der Waals surface area contributed by atoms with Gasteiger partial charge >= 0.3 is 5.97 Å². The van der Waals surface area contributed by atoms with E-state index < -0.39 is 17.3 Å². The normalized spacial score (nSPS) is 43.3. The zero-order valence-electron chi connectivity index (χ0n) is 26.4. The van der Waals surface area contributed by atoms with Gasteiger partial charge < -0.3 is 41.0 Å². The standard InChI is InChI=1S/C34H50N4O5/c1-8-19-16(3)22-13-23-17(4)20(10-11-29(40)43-7)31(36-23)21-12-26(39)30-18(5)24(37-32(21)30)14-28-34(42,9-2)33(6,41)27(38-28)15-25(19)35-22/h8,14-15,17-18,20-21,23-24,26,30-32,35-39,41-42H,1,9-13H2,2-7H3/t17-,18?,20-,21?,23?,24?,26?,30?,31?,32?,33?,34?/m0/s1. The predicted molar refractivity (Wildman–Crippen MR) is 166 cm³/mol. The van der Waals surface area contributed by atoms with Crippen molar-refractivity contribution in [2.75, 3.05) is 7.11 Å². The van der Waals surface area contributed by atoms with Gasteiger partial charge in [0.05, 0.1) is 18.9 Å². The first-order valence-corrected chi connectivity index (χ1v) is 16.1. The Labute approximate surface area is 255 Å². The third-order valence-corrected chi connectivity index (χ3v) is 12.2. The molecule has 5 heterocycles. The first-order chi connectivity index (χ1) is 20.4. The lowest BCUT2D eigenvalue weighted by Gasteiger charge is -2.34. The van der Waals surface area contributed by atoms with Crippen LogP contribution in [-0.2, 0) is 16.0 Å². The van der Waals surface area contributed by atoms with Crippen LogP contribution in [-0.4, -0.2) is 74.9 Å². The fourth-order valence-corrected chi connectivity index (χ4v) is 9.42. The van der Waals surface area contributed by atoms with Crippen molar-refractivity contribution >= 4 is 18.1 Å². The number of aliphatic hydroxyl groups excluding tert-OH is 1. The molecule has 5 aliphatic rings. The van der Waals surface area contributed by atoms with E-state index in [1.54, 1.807) is 6.92 Å². The van der Waals surface area contributed by atoms with E-state index in [1.807, 2.05) is 25.2 Å². The molecule has 10 unspecified atom stereocenters. The summed E-state index contributed by atoms with van der Waals surface area (Å²) in [6.45, 7) is 14.2. The molecule has 1 saturated carbocycles. The Morgan fingerprint density at radius 1 is 1.19 bits per heavy atom. The number of carbonyl (C=O) groups is 1. The summed E-state index contributed by atoms with van der Waals surface area (Å²) in [6, 6.07) is 0.293. The Kier molecular flexibility index (Phi) is 7.74. The molecular formula is C34H50N4O5. The van der Waals surface area contributed by atoms with Crippen molar-refractivity contribution in [2.45, 2.75) is 108 Å². The van der Waals surface area contributed by atoms with Gasteiger partial charge in [0.15, 0.2) is 0 Å². The van der Waals surface area contributed by atoms with Crippen LogP contribution in [0.3, 0.4) is 0 Å². The highest BCUT2D eigenvalue weighted by atomic mass is 16.5. The number of aromatic nitrogens is 1. The number of nitrogens with one attached hydrogen (secondary N) is 4. The fraction of sp³-hybridized carbons (Fsp3) is 0.676. The average molecular weight is 595 g/mol. The number of fused-ring (bicyclic) bond motifs is 8. The summed E-state index contributed by atoms with van der Waals surface area (Å²) in [7, 11) is 1.44. The summed E-state index contributed by atoms with van der Waals surface area (Å²) in [4.78, 5) is 15.9. The average Bonchev–Trinajstić information content (AvgIpc) is 3.70. The topological polar surface area (TPSA) is 139 Å². The summed E-state index contributed by atoms with van der Waals surface area (Å²) < 4.78 is 5.01. The van der Waals surface area contributed by atoms with Gasteiger partial charge in [-0.25, -0.2) is 0 Å². The Balaban J connectivity index is 1.49. The van der Waals surface area contributed by atoms with Crippen LogP contribution < -0.4 is 16.0 Å². The molecule has 0 aromatic carbocycles. The molecule has 6 rings (SSSR count). The molecule has 8 bridgehead atoms. The van der Waals surface area contributed by atoms with Gasteiger partial charge in [-0.1, -0.05) is 33.4 Å². The number of H-pyrrole nitrogens is 1. The van der Waals surface area contributed by atoms with E-state index in [1.165, 1.54) is 7.11 Å². The highest BCUT2D eigenvalue weighted by Gasteiger charge is 2.59. The zero-order valence-corrected chi connectivity index (χ0v) is 26.4. The van der Waals surface area contributed by atoms with E-state index in [0.717, 1.165) is 35.4 Å². The zero-order chi connectivity index (χ0) is 31.0. The number of rotatable bonds is 5. The first kappa shape index (κ1) is 30.6. The first-order valence-electron chi connectivity index (χ1n) is 16.1. The van der Waals surface area contributed by atoms with E-state index in [0.29, 0.717) is 36.6 Å². The minimum Gasteiger partial charge on any atom is -0.469 e. The molecule has 9 nitrogen and oxygen atoms in total. The maximum absolute atomic E-state index is 12.2.